The van der Waals surface area contributed by atoms with Gasteiger partial charge in [-0.3, -0.25) is 9.99 Å². The Kier molecular flexibility index (Phi) is 13.1. The molecule has 2 amide bonds. The summed E-state index contributed by atoms with van der Waals surface area (Å²) < 4.78 is 29.6. The van der Waals surface area contributed by atoms with Crippen molar-refractivity contribution >= 4 is 35.1 Å². The Morgan fingerprint density at radius 3 is 2.31 bits per heavy atom. The molecule has 240 valence electrons. The summed E-state index contributed by atoms with van der Waals surface area (Å²) in [5, 5.41) is 5.89. The van der Waals surface area contributed by atoms with E-state index in [1.54, 1.807) is 43.5 Å². The van der Waals surface area contributed by atoms with Crippen LogP contribution in [0.3, 0.4) is 0 Å². The molecule has 0 saturated carbocycles. The number of imidazole rings is 1. The summed E-state index contributed by atoms with van der Waals surface area (Å²) in [4.78, 5) is 25.6. The molecular weight excluding hydrogens is 618 g/mol. The molecule has 1 aliphatic heterocycles. The van der Waals surface area contributed by atoms with Gasteiger partial charge in [0.15, 0.2) is 5.16 Å². The van der Waals surface area contributed by atoms with E-state index in [2.05, 4.69) is 15.6 Å². The Morgan fingerprint density at radius 1 is 1.07 bits per heavy atom. The molecule has 12 heteroatoms. The molecule has 0 atom stereocenters. The van der Waals surface area contributed by atoms with E-state index in [4.69, 9.17) is 17.3 Å². The van der Waals surface area contributed by atoms with Crippen molar-refractivity contribution in [2.75, 3.05) is 13.1 Å². The van der Waals surface area contributed by atoms with Crippen molar-refractivity contribution < 1.29 is 13.6 Å². The first kappa shape index (κ1) is 35.7. The van der Waals surface area contributed by atoms with Gasteiger partial charge in [-0.2, -0.15) is 0 Å². The fourth-order valence-electron chi connectivity index (χ4n) is 4.74. The summed E-state index contributed by atoms with van der Waals surface area (Å²) in [6.07, 6.45) is 4.10. The second-order valence-corrected chi connectivity index (χ2v) is 12.0. The van der Waals surface area contributed by atoms with Gasteiger partial charge >= 0.3 is 6.03 Å². The van der Waals surface area contributed by atoms with E-state index in [1.165, 1.54) is 36.0 Å². The molecule has 0 bridgehead atoms. The SMILES string of the molecule is CC.Cc1cc(C(C)(C)c2cnc(SCc3ccc(N=O)cc3Cl)n2-c2ccc(F)cc2)ccc1F.NC(=O)NN1CCCC1. The van der Waals surface area contributed by atoms with E-state index in [1.807, 2.05) is 43.3 Å². The summed E-state index contributed by atoms with van der Waals surface area (Å²) in [5.41, 5.74) is 11.1. The van der Waals surface area contributed by atoms with E-state index in [0.29, 0.717) is 21.5 Å². The maximum Gasteiger partial charge on any atom is 0.326 e. The van der Waals surface area contributed by atoms with E-state index < -0.39 is 11.4 Å². The van der Waals surface area contributed by atoms with Gasteiger partial charge in [0.25, 0.3) is 0 Å². The minimum atomic E-state index is -0.520. The van der Waals surface area contributed by atoms with Crippen LogP contribution in [0, 0.1) is 23.5 Å². The maximum absolute atomic E-state index is 13.9. The lowest BCUT2D eigenvalue weighted by Crippen LogP contribution is -2.43. The first-order chi connectivity index (χ1) is 21.5. The molecule has 0 unspecified atom stereocenters. The molecule has 1 aliphatic rings. The molecule has 3 aromatic carbocycles. The lowest BCUT2D eigenvalue weighted by Gasteiger charge is -2.28. The molecule has 8 nitrogen and oxygen atoms in total. The van der Waals surface area contributed by atoms with Gasteiger partial charge in [-0.1, -0.05) is 69.3 Å². The number of aryl methyl sites for hydroxylation is 1. The number of carbonyl (C=O) groups excluding carboxylic acids is 1. The molecule has 1 saturated heterocycles. The van der Waals surface area contributed by atoms with E-state index >= 15 is 0 Å². The highest BCUT2D eigenvalue weighted by molar-refractivity contribution is 7.98. The lowest BCUT2D eigenvalue weighted by atomic mass is 9.81. The molecule has 2 heterocycles. The molecule has 4 aromatic rings. The third kappa shape index (κ3) is 9.35. The second kappa shape index (κ2) is 16.5. The number of rotatable bonds is 8. The quantitative estimate of drug-likeness (QED) is 0.146. The van der Waals surface area contributed by atoms with Crippen molar-refractivity contribution in [2.45, 2.75) is 63.8 Å². The van der Waals surface area contributed by atoms with Crippen LogP contribution in [-0.2, 0) is 11.2 Å². The van der Waals surface area contributed by atoms with Crippen LogP contribution in [0.2, 0.25) is 5.02 Å². The van der Waals surface area contributed by atoms with Crippen molar-refractivity contribution in [3.05, 3.63) is 111 Å². The van der Waals surface area contributed by atoms with Crippen molar-refractivity contribution in [2.24, 2.45) is 10.9 Å². The predicted molar refractivity (Wildman–Crippen MR) is 178 cm³/mol. The Hall–Kier alpha value is -3.80. The normalized spacial score (nSPS) is 12.9. The fourth-order valence-corrected chi connectivity index (χ4v) is 6.05. The molecule has 3 N–H and O–H groups in total. The first-order valence-corrected chi connectivity index (χ1v) is 16.0. The standard InChI is InChI=1S/C26H22ClF2N3OS.C5H11N3O.C2H6/c1-16-12-18(5-11-23(16)29)26(2,3)24-14-30-25(32(24)21-9-6-19(28)7-10-21)34-15-17-4-8-20(31-33)13-22(17)27;6-5(9)7-8-3-1-2-4-8;1-2/h4-14H,15H2,1-3H3;1-4H2,(H3,6,7,9);1-2H3. The van der Waals surface area contributed by atoms with Gasteiger partial charge in [-0.15, -0.1) is 4.91 Å². The highest BCUT2D eigenvalue weighted by Gasteiger charge is 2.30. The highest BCUT2D eigenvalue weighted by Crippen LogP contribution is 2.38. The number of primary amides is 1. The zero-order chi connectivity index (χ0) is 33.1. The van der Waals surface area contributed by atoms with Crippen molar-refractivity contribution in [1.82, 2.24) is 20.0 Å². The number of hydrazine groups is 1. The average Bonchev–Trinajstić information content (AvgIpc) is 3.70. The van der Waals surface area contributed by atoms with Gasteiger partial charge in [0, 0.05) is 35.0 Å². The number of amides is 2. The number of nitroso groups, excluding NO2 is 1. The number of nitrogens with one attached hydrogen (secondary N) is 1. The average molecular weight is 657 g/mol. The van der Waals surface area contributed by atoms with E-state index in [-0.39, 0.29) is 17.3 Å². The third-order valence-electron chi connectivity index (χ3n) is 7.21. The Morgan fingerprint density at radius 2 is 1.73 bits per heavy atom. The summed E-state index contributed by atoms with van der Waals surface area (Å²) in [6, 6.07) is 15.8. The van der Waals surface area contributed by atoms with E-state index in [9.17, 15) is 18.5 Å². The maximum atomic E-state index is 13.9. The summed E-state index contributed by atoms with van der Waals surface area (Å²) in [6.45, 7) is 11.7. The van der Waals surface area contributed by atoms with Crippen LogP contribution in [0.5, 0.6) is 0 Å². The Balaban J connectivity index is 0.000000427. The molecule has 1 aromatic heterocycles. The van der Waals surface area contributed by atoms with Crippen molar-refractivity contribution in [3.8, 4) is 5.69 Å². The molecule has 45 heavy (non-hydrogen) atoms. The van der Waals surface area contributed by atoms with Crippen LogP contribution in [0.25, 0.3) is 5.69 Å². The zero-order valence-corrected chi connectivity index (χ0v) is 27.7. The number of hydrogen-bond acceptors (Lipinski definition) is 6. The largest absolute Gasteiger partial charge is 0.351 e. The number of carbonyl (C=O) groups is 1. The number of aromatic nitrogens is 2. The second-order valence-electron chi connectivity index (χ2n) is 10.7. The summed E-state index contributed by atoms with van der Waals surface area (Å²) in [5.74, 6) is -0.0784. The fraction of sp³-hybridized carbons (Fsp3) is 0.333. The number of thioether (sulfide) groups is 1. The van der Waals surface area contributed by atoms with Gasteiger partial charge in [-0.25, -0.2) is 23.6 Å². The van der Waals surface area contributed by atoms with Crippen LogP contribution < -0.4 is 11.2 Å². The smallest absolute Gasteiger partial charge is 0.326 e. The van der Waals surface area contributed by atoms with Crippen LogP contribution in [0.1, 0.15) is 62.9 Å². The molecule has 5 rings (SSSR count). The third-order valence-corrected chi connectivity index (χ3v) is 8.56. The monoisotopic (exact) mass is 656 g/mol. The molecular formula is C33H39ClF2N6O2S. The topological polar surface area (TPSA) is 106 Å². The molecule has 0 aliphatic carbocycles. The first-order valence-electron chi connectivity index (χ1n) is 14.7. The lowest BCUT2D eigenvalue weighted by molar-refractivity contribution is 0.205. The van der Waals surface area contributed by atoms with Gasteiger partial charge in [0.2, 0.25) is 0 Å². The van der Waals surface area contributed by atoms with Gasteiger partial charge in [0.05, 0.1) is 11.9 Å². The van der Waals surface area contributed by atoms with Crippen LogP contribution in [0.15, 0.2) is 77.2 Å². The van der Waals surface area contributed by atoms with Crippen LogP contribution in [-0.4, -0.2) is 33.7 Å². The number of hydrogen-bond donors (Lipinski definition) is 2. The molecule has 0 radical (unpaired) electrons. The Bertz CT molecular complexity index is 1590. The minimum Gasteiger partial charge on any atom is -0.351 e. The van der Waals surface area contributed by atoms with Gasteiger partial charge in [-0.05, 0) is 84.1 Å². The summed E-state index contributed by atoms with van der Waals surface area (Å²) in [7, 11) is 0. The number of urea groups is 1. The predicted octanol–water partition coefficient (Wildman–Crippen LogP) is 8.82. The summed E-state index contributed by atoms with van der Waals surface area (Å²) >= 11 is 7.79. The van der Waals surface area contributed by atoms with Crippen LogP contribution >= 0.6 is 23.4 Å². The van der Waals surface area contributed by atoms with Gasteiger partial charge < -0.3 is 5.73 Å². The van der Waals surface area contributed by atoms with Crippen molar-refractivity contribution in [3.63, 3.8) is 0 Å². The minimum absolute atomic E-state index is 0.254. The zero-order valence-electron chi connectivity index (χ0n) is 26.1. The number of benzene rings is 3. The number of halogens is 3. The van der Waals surface area contributed by atoms with Gasteiger partial charge in [0.1, 0.15) is 17.3 Å². The highest BCUT2D eigenvalue weighted by atomic mass is 35.5. The molecule has 0 spiro atoms. The van der Waals surface area contributed by atoms with Crippen molar-refractivity contribution in [1.29, 1.82) is 0 Å². The molecule has 1 fully saturated rings. The number of nitrogens with two attached hydrogens (primary N) is 1. The Labute approximate surface area is 272 Å². The van der Waals surface area contributed by atoms with Crippen LogP contribution in [0.4, 0.5) is 19.3 Å². The number of nitrogens with zero attached hydrogens (tertiary/aromatic N) is 4. The van der Waals surface area contributed by atoms with E-state index in [0.717, 1.165) is 48.4 Å².